The number of ether oxygens (including phenoxy) is 2. The molecule has 0 bridgehead atoms. The molecule has 2 fully saturated rings. The smallest absolute Gasteiger partial charge is 0.332 e. The van der Waals surface area contributed by atoms with E-state index in [2.05, 4.69) is 12.2 Å². The molecule has 0 aromatic heterocycles. The van der Waals surface area contributed by atoms with Gasteiger partial charge in [0.2, 0.25) is 0 Å². The molecule has 0 spiro atoms. The van der Waals surface area contributed by atoms with Crippen LogP contribution in [0.25, 0.3) is 0 Å². The maximum Gasteiger partial charge on any atom is 0.332 e. The van der Waals surface area contributed by atoms with Gasteiger partial charge in [-0.25, -0.2) is 4.79 Å². The zero-order valence-corrected chi connectivity index (χ0v) is 11.5. The first kappa shape index (κ1) is 13.8. The quantitative estimate of drug-likeness (QED) is 0.762. The van der Waals surface area contributed by atoms with Crippen LogP contribution in [-0.4, -0.2) is 37.4 Å². The summed E-state index contributed by atoms with van der Waals surface area (Å²) in [6.07, 6.45) is 5.87. The van der Waals surface area contributed by atoms with E-state index >= 15 is 0 Å². The maximum atomic E-state index is 11.8. The van der Waals surface area contributed by atoms with Gasteiger partial charge in [0, 0.05) is 13.1 Å². The van der Waals surface area contributed by atoms with E-state index < -0.39 is 0 Å². The van der Waals surface area contributed by atoms with Gasteiger partial charge in [-0.15, -0.1) is 0 Å². The lowest BCUT2D eigenvalue weighted by Crippen LogP contribution is -2.59. The van der Waals surface area contributed by atoms with Gasteiger partial charge in [-0.3, -0.25) is 0 Å². The van der Waals surface area contributed by atoms with Gasteiger partial charge in [0.1, 0.15) is 12.7 Å². The number of hydrogen-bond acceptors (Lipinski definition) is 4. The second kappa shape index (κ2) is 6.02. The molecule has 0 aromatic carbocycles. The van der Waals surface area contributed by atoms with Gasteiger partial charge in [0.15, 0.2) is 0 Å². The highest BCUT2D eigenvalue weighted by Gasteiger charge is 2.34. The summed E-state index contributed by atoms with van der Waals surface area (Å²) in [7, 11) is 0. The van der Waals surface area contributed by atoms with Gasteiger partial charge < -0.3 is 14.8 Å². The molecular weight excluding hydrogens is 230 g/mol. The Hall–Kier alpha value is -0.610. The van der Waals surface area contributed by atoms with Crippen LogP contribution in [0.4, 0.5) is 0 Å². The van der Waals surface area contributed by atoms with Crippen molar-refractivity contribution >= 4 is 5.97 Å². The molecule has 2 atom stereocenters. The highest BCUT2D eigenvalue weighted by molar-refractivity contribution is 5.71. The molecular formula is C14H25NO3. The van der Waals surface area contributed by atoms with Crippen LogP contribution >= 0.6 is 0 Å². The normalized spacial score (nSPS) is 30.6. The highest BCUT2D eigenvalue weighted by Crippen LogP contribution is 2.29. The van der Waals surface area contributed by atoms with Gasteiger partial charge >= 0.3 is 5.97 Å². The lowest BCUT2D eigenvalue weighted by atomic mass is 9.85. The number of rotatable bonds is 5. The Balaban J connectivity index is 1.72. The summed E-state index contributed by atoms with van der Waals surface area (Å²) >= 11 is 0. The van der Waals surface area contributed by atoms with Crippen molar-refractivity contribution in [3.8, 4) is 0 Å². The average Bonchev–Trinajstić information content (AvgIpc) is 2.35. The largest absolute Gasteiger partial charge is 0.460 e. The lowest BCUT2D eigenvalue weighted by molar-refractivity contribution is -0.167. The van der Waals surface area contributed by atoms with Crippen LogP contribution in [-0.2, 0) is 14.3 Å². The van der Waals surface area contributed by atoms with Gasteiger partial charge in [-0.1, -0.05) is 13.3 Å². The monoisotopic (exact) mass is 255 g/mol. The Bertz CT molecular complexity index is 289. The molecule has 0 aromatic rings. The van der Waals surface area contributed by atoms with Gasteiger partial charge in [0.25, 0.3) is 0 Å². The number of esters is 1. The zero-order valence-electron chi connectivity index (χ0n) is 11.5. The molecule has 1 heterocycles. The topological polar surface area (TPSA) is 47.6 Å². The van der Waals surface area contributed by atoms with Crippen LogP contribution in [0.3, 0.4) is 0 Å². The van der Waals surface area contributed by atoms with E-state index in [4.69, 9.17) is 9.47 Å². The molecule has 1 aliphatic heterocycles. The Kier molecular flexibility index (Phi) is 4.62. The van der Waals surface area contributed by atoms with E-state index in [1.165, 1.54) is 19.3 Å². The summed E-state index contributed by atoms with van der Waals surface area (Å²) in [6, 6.07) is 0. The Labute approximate surface area is 109 Å². The molecule has 2 unspecified atom stereocenters. The maximum absolute atomic E-state index is 11.8. The standard InChI is InChI=1S/C14H25NO3/c1-3-11-6-4-5-7-12(11)18-13(16)8-17-14(2)9-15-10-14/h11-12,15H,3-10H2,1-2H3. The Morgan fingerprint density at radius 3 is 2.67 bits per heavy atom. The molecule has 0 amide bonds. The molecule has 1 aliphatic carbocycles. The Morgan fingerprint density at radius 1 is 1.33 bits per heavy atom. The molecule has 2 aliphatic rings. The van der Waals surface area contributed by atoms with Crippen LogP contribution in [0, 0.1) is 5.92 Å². The minimum absolute atomic E-state index is 0.0884. The lowest BCUT2D eigenvalue weighted by Gasteiger charge is -2.39. The first-order valence-electron chi connectivity index (χ1n) is 7.17. The van der Waals surface area contributed by atoms with E-state index in [9.17, 15) is 4.79 Å². The minimum Gasteiger partial charge on any atom is -0.460 e. The van der Waals surface area contributed by atoms with Crippen molar-refractivity contribution in [1.82, 2.24) is 5.32 Å². The average molecular weight is 255 g/mol. The fourth-order valence-corrected chi connectivity index (χ4v) is 2.81. The molecule has 104 valence electrons. The molecule has 4 nitrogen and oxygen atoms in total. The number of hydrogen-bond donors (Lipinski definition) is 1. The first-order valence-corrected chi connectivity index (χ1v) is 7.17. The zero-order chi connectivity index (χ0) is 13.0. The summed E-state index contributed by atoms with van der Waals surface area (Å²) in [4.78, 5) is 11.8. The van der Waals surface area contributed by atoms with Crippen molar-refractivity contribution in [2.45, 2.75) is 57.7 Å². The van der Waals surface area contributed by atoms with Crippen molar-refractivity contribution in [2.24, 2.45) is 5.92 Å². The van der Waals surface area contributed by atoms with Crippen LogP contribution < -0.4 is 5.32 Å². The SMILES string of the molecule is CCC1CCCCC1OC(=O)COC1(C)CNC1. The van der Waals surface area contributed by atoms with Crippen LogP contribution in [0.2, 0.25) is 0 Å². The van der Waals surface area contributed by atoms with E-state index in [1.807, 2.05) is 6.92 Å². The van der Waals surface area contributed by atoms with E-state index in [-0.39, 0.29) is 24.3 Å². The third-order valence-corrected chi connectivity index (χ3v) is 4.18. The third-order valence-electron chi connectivity index (χ3n) is 4.18. The van der Waals surface area contributed by atoms with Crippen LogP contribution in [0.15, 0.2) is 0 Å². The van der Waals surface area contributed by atoms with Crippen molar-refractivity contribution in [3.63, 3.8) is 0 Å². The molecule has 18 heavy (non-hydrogen) atoms. The van der Waals surface area contributed by atoms with E-state index in [0.717, 1.165) is 25.9 Å². The predicted octanol–water partition coefficient (Wildman–Crippen LogP) is 1.88. The Morgan fingerprint density at radius 2 is 2.06 bits per heavy atom. The van der Waals surface area contributed by atoms with E-state index in [1.54, 1.807) is 0 Å². The van der Waals surface area contributed by atoms with Gasteiger partial charge in [0.05, 0.1) is 5.60 Å². The summed E-state index contributed by atoms with van der Waals surface area (Å²) in [5, 5.41) is 3.15. The molecule has 1 saturated heterocycles. The predicted molar refractivity (Wildman–Crippen MR) is 69.4 cm³/mol. The summed E-state index contributed by atoms with van der Waals surface area (Å²) in [5.74, 6) is 0.345. The second-order valence-electron chi connectivity index (χ2n) is 5.82. The van der Waals surface area contributed by atoms with E-state index in [0.29, 0.717) is 5.92 Å². The number of carbonyl (C=O) groups is 1. The van der Waals surface area contributed by atoms with Crippen LogP contribution in [0.5, 0.6) is 0 Å². The molecule has 4 heteroatoms. The summed E-state index contributed by atoms with van der Waals surface area (Å²) in [5.41, 5.74) is -0.171. The van der Waals surface area contributed by atoms with Crippen molar-refractivity contribution in [2.75, 3.05) is 19.7 Å². The van der Waals surface area contributed by atoms with Crippen molar-refractivity contribution in [3.05, 3.63) is 0 Å². The molecule has 1 saturated carbocycles. The molecule has 0 radical (unpaired) electrons. The first-order chi connectivity index (χ1) is 8.63. The molecule has 2 rings (SSSR count). The third kappa shape index (κ3) is 3.45. The van der Waals surface area contributed by atoms with Crippen LogP contribution in [0.1, 0.15) is 46.0 Å². The highest BCUT2D eigenvalue weighted by atomic mass is 16.6. The minimum atomic E-state index is -0.200. The second-order valence-corrected chi connectivity index (χ2v) is 5.82. The van der Waals surface area contributed by atoms with Gasteiger partial charge in [-0.05, 0) is 38.5 Å². The number of carbonyl (C=O) groups excluding carboxylic acids is 1. The number of nitrogens with one attached hydrogen (secondary N) is 1. The fourth-order valence-electron chi connectivity index (χ4n) is 2.81. The summed E-state index contributed by atoms with van der Waals surface area (Å²) < 4.78 is 11.2. The van der Waals surface area contributed by atoms with Crippen molar-refractivity contribution in [1.29, 1.82) is 0 Å². The summed E-state index contributed by atoms with van der Waals surface area (Å²) in [6.45, 7) is 5.92. The molecule has 1 N–H and O–H groups in total. The van der Waals surface area contributed by atoms with Gasteiger partial charge in [-0.2, -0.15) is 0 Å². The fraction of sp³-hybridized carbons (Fsp3) is 0.929. The van der Waals surface area contributed by atoms with Crippen molar-refractivity contribution < 1.29 is 14.3 Å².